The van der Waals surface area contributed by atoms with Crippen LogP contribution in [0.25, 0.3) is 11.3 Å². The van der Waals surface area contributed by atoms with Crippen molar-refractivity contribution in [1.29, 1.82) is 0 Å². The third kappa shape index (κ3) is 3.64. The molecule has 3 aromatic rings. The molecule has 23 heavy (non-hydrogen) atoms. The van der Waals surface area contributed by atoms with Crippen molar-refractivity contribution in [3.05, 3.63) is 89.6 Å². The molecule has 1 aromatic heterocycles. The van der Waals surface area contributed by atoms with Crippen molar-refractivity contribution in [1.82, 2.24) is 10.3 Å². The molecule has 1 heterocycles. The summed E-state index contributed by atoms with van der Waals surface area (Å²) in [5.41, 5.74) is 4.49. The molecule has 0 aliphatic rings. The summed E-state index contributed by atoms with van der Waals surface area (Å²) in [6, 6.07) is 21.5. The Kier molecular flexibility index (Phi) is 4.48. The van der Waals surface area contributed by atoms with Crippen LogP contribution in [0, 0.1) is 6.92 Å². The number of aryl methyl sites for hydroxylation is 1. The first-order valence-electron chi connectivity index (χ1n) is 7.58. The van der Waals surface area contributed by atoms with Gasteiger partial charge in [-0.3, -0.25) is 9.78 Å². The van der Waals surface area contributed by atoms with Gasteiger partial charge in [0.1, 0.15) is 0 Å². The van der Waals surface area contributed by atoms with E-state index in [4.69, 9.17) is 0 Å². The molecular weight excluding hydrogens is 284 g/mol. The van der Waals surface area contributed by atoms with E-state index in [-0.39, 0.29) is 5.91 Å². The molecule has 1 amide bonds. The van der Waals surface area contributed by atoms with E-state index >= 15 is 0 Å². The standard InChI is InChI=1S/C20H18N2O/c1-15-9-11-17(12-10-15)19-18(8-5-13-21-19)20(23)22-14-16-6-3-2-4-7-16/h2-13H,14H2,1H3,(H,22,23). The quantitative estimate of drug-likeness (QED) is 0.792. The van der Waals surface area contributed by atoms with Gasteiger partial charge in [-0.15, -0.1) is 0 Å². The largest absolute Gasteiger partial charge is 0.348 e. The highest BCUT2D eigenvalue weighted by Crippen LogP contribution is 2.21. The van der Waals surface area contributed by atoms with Crippen LogP contribution in [0.1, 0.15) is 21.5 Å². The van der Waals surface area contributed by atoms with E-state index in [9.17, 15) is 4.79 Å². The highest BCUT2D eigenvalue weighted by atomic mass is 16.1. The summed E-state index contributed by atoms with van der Waals surface area (Å²) in [6.45, 7) is 2.54. The van der Waals surface area contributed by atoms with Crippen molar-refractivity contribution >= 4 is 5.91 Å². The summed E-state index contributed by atoms with van der Waals surface area (Å²) in [7, 11) is 0. The van der Waals surface area contributed by atoms with Gasteiger partial charge < -0.3 is 5.32 Å². The van der Waals surface area contributed by atoms with Crippen LogP contribution in [-0.4, -0.2) is 10.9 Å². The Morgan fingerprint density at radius 1 is 0.957 bits per heavy atom. The summed E-state index contributed by atoms with van der Waals surface area (Å²) in [6.07, 6.45) is 1.71. The maximum absolute atomic E-state index is 12.5. The fraction of sp³-hybridized carbons (Fsp3) is 0.100. The molecule has 3 rings (SSSR count). The molecule has 0 saturated heterocycles. The van der Waals surface area contributed by atoms with Crippen molar-refractivity contribution < 1.29 is 4.79 Å². The maximum atomic E-state index is 12.5. The predicted molar refractivity (Wildman–Crippen MR) is 92.0 cm³/mol. The van der Waals surface area contributed by atoms with Crippen LogP contribution < -0.4 is 5.32 Å². The average Bonchev–Trinajstić information content (AvgIpc) is 2.61. The minimum Gasteiger partial charge on any atom is -0.348 e. The second-order valence-corrected chi connectivity index (χ2v) is 5.43. The number of nitrogens with zero attached hydrogens (tertiary/aromatic N) is 1. The zero-order valence-electron chi connectivity index (χ0n) is 13.0. The maximum Gasteiger partial charge on any atom is 0.253 e. The first kappa shape index (κ1) is 15.0. The fourth-order valence-electron chi connectivity index (χ4n) is 2.40. The minimum atomic E-state index is -0.113. The number of nitrogens with one attached hydrogen (secondary N) is 1. The second kappa shape index (κ2) is 6.88. The smallest absolute Gasteiger partial charge is 0.253 e. The molecule has 0 saturated carbocycles. The topological polar surface area (TPSA) is 42.0 Å². The van der Waals surface area contributed by atoms with Gasteiger partial charge in [-0.25, -0.2) is 0 Å². The molecule has 3 nitrogen and oxygen atoms in total. The molecule has 114 valence electrons. The van der Waals surface area contributed by atoms with Crippen LogP contribution in [-0.2, 0) is 6.54 Å². The molecule has 0 fully saturated rings. The number of amides is 1. The number of hydrogen-bond donors (Lipinski definition) is 1. The van der Waals surface area contributed by atoms with Gasteiger partial charge in [-0.05, 0) is 24.6 Å². The van der Waals surface area contributed by atoms with Gasteiger partial charge in [-0.2, -0.15) is 0 Å². The summed E-state index contributed by atoms with van der Waals surface area (Å²) >= 11 is 0. The minimum absolute atomic E-state index is 0.113. The Morgan fingerprint density at radius 2 is 1.70 bits per heavy atom. The van der Waals surface area contributed by atoms with Gasteiger partial charge in [0.15, 0.2) is 0 Å². The average molecular weight is 302 g/mol. The predicted octanol–water partition coefficient (Wildman–Crippen LogP) is 3.99. The Labute approximate surface area is 136 Å². The third-order valence-corrected chi connectivity index (χ3v) is 3.67. The van der Waals surface area contributed by atoms with Gasteiger partial charge in [0, 0.05) is 18.3 Å². The monoisotopic (exact) mass is 302 g/mol. The highest BCUT2D eigenvalue weighted by molar-refractivity contribution is 5.99. The summed E-state index contributed by atoms with van der Waals surface area (Å²) < 4.78 is 0. The van der Waals surface area contributed by atoms with Crippen LogP contribution in [0.5, 0.6) is 0 Å². The molecule has 0 bridgehead atoms. The number of benzene rings is 2. The molecule has 1 N–H and O–H groups in total. The number of hydrogen-bond acceptors (Lipinski definition) is 2. The Hall–Kier alpha value is -2.94. The Morgan fingerprint density at radius 3 is 2.43 bits per heavy atom. The third-order valence-electron chi connectivity index (χ3n) is 3.67. The van der Waals surface area contributed by atoms with E-state index in [0.29, 0.717) is 17.8 Å². The fourth-order valence-corrected chi connectivity index (χ4v) is 2.40. The Balaban J connectivity index is 1.82. The zero-order valence-corrected chi connectivity index (χ0v) is 13.0. The van der Waals surface area contributed by atoms with E-state index in [1.165, 1.54) is 5.56 Å². The molecule has 0 radical (unpaired) electrons. The van der Waals surface area contributed by atoms with Crippen molar-refractivity contribution in [2.24, 2.45) is 0 Å². The van der Waals surface area contributed by atoms with Crippen molar-refractivity contribution in [3.63, 3.8) is 0 Å². The molecule has 2 aromatic carbocycles. The summed E-state index contributed by atoms with van der Waals surface area (Å²) in [5.74, 6) is -0.113. The molecule has 3 heteroatoms. The normalized spacial score (nSPS) is 10.3. The van der Waals surface area contributed by atoms with Gasteiger partial charge in [0.05, 0.1) is 11.3 Å². The van der Waals surface area contributed by atoms with Crippen LogP contribution in [0.2, 0.25) is 0 Å². The number of carbonyl (C=O) groups is 1. The van der Waals surface area contributed by atoms with Crippen LogP contribution in [0.3, 0.4) is 0 Å². The van der Waals surface area contributed by atoms with Crippen LogP contribution in [0.15, 0.2) is 72.9 Å². The van der Waals surface area contributed by atoms with Crippen molar-refractivity contribution in [2.75, 3.05) is 0 Å². The van der Waals surface area contributed by atoms with Gasteiger partial charge in [0.2, 0.25) is 0 Å². The number of aromatic nitrogens is 1. The summed E-state index contributed by atoms with van der Waals surface area (Å²) in [4.78, 5) is 16.9. The lowest BCUT2D eigenvalue weighted by Crippen LogP contribution is -2.23. The van der Waals surface area contributed by atoms with Crippen LogP contribution >= 0.6 is 0 Å². The lowest BCUT2D eigenvalue weighted by Gasteiger charge is -2.10. The lowest BCUT2D eigenvalue weighted by molar-refractivity contribution is 0.0951. The molecule has 0 spiro atoms. The molecule has 0 aliphatic heterocycles. The van der Waals surface area contributed by atoms with E-state index in [0.717, 1.165) is 11.1 Å². The highest BCUT2D eigenvalue weighted by Gasteiger charge is 2.13. The van der Waals surface area contributed by atoms with E-state index < -0.39 is 0 Å². The molecule has 0 aliphatic carbocycles. The second-order valence-electron chi connectivity index (χ2n) is 5.43. The molecular formula is C20H18N2O. The molecule has 0 unspecified atom stereocenters. The first-order valence-corrected chi connectivity index (χ1v) is 7.58. The van der Waals surface area contributed by atoms with Crippen LogP contribution in [0.4, 0.5) is 0 Å². The Bertz CT molecular complexity index is 795. The van der Waals surface area contributed by atoms with E-state index in [2.05, 4.69) is 10.3 Å². The number of pyridine rings is 1. The molecule has 0 atom stereocenters. The number of carbonyl (C=O) groups excluding carboxylic acids is 1. The van der Waals surface area contributed by atoms with Crippen molar-refractivity contribution in [2.45, 2.75) is 13.5 Å². The van der Waals surface area contributed by atoms with Crippen molar-refractivity contribution in [3.8, 4) is 11.3 Å². The zero-order chi connectivity index (χ0) is 16.1. The SMILES string of the molecule is Cc1ccc(-c2ncccc2C(=O)NCc2ccccc2)cc1. The van der Waals surface area contributed by atoms with E-state index in [1.807, 2.05) is 67.6 Å². The van der Waals surface area contributed by atoms with Gasteiger partial charge in [0.25, 0.3) is 5.91 Å². The van der Waals surface area contributed by atoms with E-state index in [1.54, 1.807) is 12.3 Å². The summed E-state index contributed by atoms with van der Waals surface area (Å²) in [5, 5.41) is 2.96. The van der Waals surface area contributed by atoms with Gasteiger partial charge in [-0.1, -0.05) is 60.2 Å². The first-order chi connectivity index (χ1) is 11.2. The van der Waals surface area contributed by atoms with Gasteiger partial charge >= 0.3 is 0 Å². The lowest BCUT2D eigenvalue weighted by atomic mass is 10.0. The number of rotatable bonds is 4.